The van der Waals surface area contributed by atoms with E-state index < -0.39 is 52.2 Å². The van der Waals surface area contributed by atoms with Crippen LogP contribution in [0.4, 0.5) is 0 Å². The predicted octanol–water partition coefficient (Wildman–Crippen LogP) is 3.21. The standard InChI is InChI=1S/C30H46N2O6/c1-16(2)8-7-9-18(26(36)37)24-19-14-20(34)25-27(4)12-11-23(35)29(6,31)22(27)10-13-30(25,32)28(19,5)15-21(24)38-17(3)33/h7-9,19-23,25,34-35H,10-15,31-32H2,1-6H3,(H,36,37)/b9-7-,24-18-/t19-,20+,21-,22+,23+,25-,27-,28-,29+,30+/m0/s1. The number of aliphatic hydroxyl groups is 2. The molecule has 4 rings (SSSR count). The van der Waals surface area contributed by atoms with Crippen molar-refractivity contribution in [3.63, 3.8) is 0 Å². The van der Waals surface area contributed by atoms with Crippen molar-refractivity contribution in [1.82, 2.24) is 0 Å². The first-order valence-electron chi connectivity index (χ1n) is 13.9. The summed E-state index contributed by atoms with van der Waals surface area (Å²) < 4.78 is 5.78. The number of carbonyl (C=O) groups is 2. The van der Waals surface area contributed by atoms with Gasteiger partial charge in [0.2, 0.25) is 0 Å². The molecule has 0 unspecified atom stereocenters. The smallest absolute Gasteiger partial charge is 0.335 e. The molecule has 0 radical (unpaired) electrons. The minimum Gasteiger partial charge on any atom is -0.478 e. The lowest BCUT2D eigenvalue weighted by Gasteiger charge is -2.69. The van der Waals surface area contributed by atoms with Crippen LogP contribution in [0.1, 0.15) is 80.1 Å². The van der Waals surface area contributed by atoms with Gasteiger partial charge in [-0.25, -0.2) is 4.79 Å². The molecular weight excluding hydrogens is 484 g/mol. The Balaban J connectivity index is 1.87. The minimum atomic E-state index is -1.10. The Morgan fingerprint density at radius 1 is 1.05 bits per heavy atom. The number of carboxylic acids is 1. The molecule has 0 aromatic heterocycles. The number of carboxylic acid groups (broad SMARTS) is 1. The largest absolute Gasteiger partial charge is 0.478 e. The zero-order valence-corrected chi connectivity index (χ0v) is 23.7. The molecule has 0 aliphatic heterocycles. The van der Waals surface area contributed by atoms with E-state index in [1.165, 1.54) is 6.92 Å². The summed E-state index contributed by atoms with van der Waals surface area (Å²) in [6, 6.07) is 0. The highest BCUT2D eigenvalue weighted by Gasteiger charge is 2.72. The van der Waals surface area contributed by atoms with Crippen LogP contribution in [0.25, 0.3) is 0 Å². The topological polar surface area (TPSA) is 156 Å². The van der Waals surface area contributed by atoms with Crippen LogP contribution < -0.4 is 11.5 Å². The predicted molar refractivity (Wildman–Crippen MR) is 145 cm³/mol. The number of hydrogen-bond acceptors (Lipinski definition) is 7. The van der Waals surface area contributed by atoms with Crippen molar-refractivity contribution in [2.24, 2.45) is 40.1 Å². The molecule has 10 atom stereocenters. The fraction of sp³-hybridized carbons (Fsp3) is 0.733. The minimum absolute atomic E-state index is 0.0162. The van der Waals surface area contributed by atoms with E-state index in [1.54, 1.807) is 12.2 Å². The monoisotopic (exact) mass is 530 g/mol. The van der Waals surface area contributed by atoms with Gasteiger partial charge in [-0.05, 0) is 93.6 Å². The van der Waals surface area contributed by atoms with Gasteiger partial charge >= 0.3 is 11.9 Å². The van der Waals surface area contributed by atoms with Gasteiger partial charge in [-0.1, -0.05) is 31.6 Å². The number of carbonyl (C=O) groups excluding carboxylic acids is 1. The Labute approximate surface area is 226 Å². The van der Waals surface area contributed by atoms with E-state index >= 15 is 0 Å². The summed E-state index contributed by atoms with van der Waals surface area (Å²) in [5, 5.41) is 32.9. The molecule has 4 saturated carbocycles. The van der Waals surface area contributed by atoms with E-state index in [1.807, 2.05) is 26.8 Å². The molecular formula is C30H46N2O6. The van der Waals surface area contributed by atoms with Gasteiger partial charge in [0.15, 0.2) is 0 Å². The van der Waals surface area contributed by atoms with Gasteiger partial charge in [0.1, 0.15) is 6.10 Å². The molecule has 0 aromatic carbocycles. The highest BCUT2D eigenvalue weighted by atomic mass is 16.5. The van der Waals surface area contributed by atoms with E-state index in [0.29, 0.717) is 44.1 Å². The fourth-order valence-corrected chi connectivity index (χ4v) is 9.22. The Morgan fingerprint density at radius 2 is 1.71 bits per heavy atom. The first-order chi connectivity index (χ1) is 17.5. The van der Waals surface area contributed by atoms with Crippen molar-refractivity contribution in [1.29, 1.82) is 0 Å². The number of rotatable bonds is 4. The molecule has 4 aliphatic carbocycles. The number of esters is 1. The first kappa shape index (κ1) is 29.0. The van der Waals surface area contributed by atoms with Crippen LogP contribution in [0, 0.1) is 28.6 Å². The summed E-state index contributed by atoms with van der Waals surface area (Å²) in [7, 11) is 0. The van der Waals surface area contributed by atoms with Crippen molar-refractivity contribution in [3.05, 3.63) is 34.9 Å². The quantitative estimate of drug-likeness (QED) is 0.211. The highest BCUT2D eigenvalue weighted by molar-refractivity contribution is 5.91. The van der Waals surface area contributed by atoms with Gasteiger partial charge in [0.05, 0.1) is 17.8 Å². The van der Waals surface area contributed by atoms with E-state index in [9.17, 15) is 24.9 Å². The van der Waals surface area contributed by atoms with Gasteiger partial charge in [-0.15, -0.1) is 0 Å². The van der Waals surface area contributed by atoms with E-state index in [4.69, 9.17) is 16.2 Å². The van der Waals surface area contributed by atoms with E-state index in [-0.39, 0.29) is 23.3 Å². The Bertz CT molecular complexity index is 1090. The van der Waals surface area contributed by atoms with Crippen LogP contribution >= 0.6 is 0 Å². The molecule has 4 aliphatic rings. The molecule has 38 heavy (non-hydrogen) atoms. The van der Waals surface area contributed by atoms with Gasteiger partial charge in [-0.2, -0.15) is 0 Å². The number of ether oxygens (including phenoxy) is 1. The van der Waals surface area contributed by atoms with Crippen LogP contribution in [0.3, 0.4) is 0 Å². The summed E-state index contributed by atoms with van der Waals surface area (Å²) in [5.74, 6) is -2.26. The summed E-state index contributed by atoms with van der Waals surface area (Å²) in [6.45, 7) is 11.3. The first-order valence-corrected chi connectivity index (χ1v) is 13.9. The third-order valence-electron chi connectivity index (χ3n) is 10.9. The zero-order chi connectivity index (χ0) is 28.4. The van der Waals surface area contributed by atoms with Crippen molar-refractivity contribution in [3.8, 4) is 0 Å². The number of allylic oxidation sites excluding steroid dienone is 3. The second kappa shape index (κ2) is 9.58. The van der Waals surface area contributed by atoms with Crippen LogP contribution in [-0.2, 0) is 14.3 Å². The summed E-state index contributed by atoms with van der Waals surface area (Å²) in [5.41, 5.74) is 13.2. The second-order valence-corrected chi connectivity index (χ2v) is 13.4. The second-order valence-electron chi connectivity index (χ2n) is 13.4. The summed E-state index contributed by atoms with van der Waals surface area (Å²) in [4.78, 5) is 24.7. The molecule has 0 saturated heterocycles. The average Bonchev–Trinajstić information content (AvgIpc) is 3.05. The highest BCUT2D eigenvalue weighted by Crippen LogP contribution is 2.70. The molecule has 8 heteroatoms. The Kier molecular flexibility index (Phi) is 7.31. The maximum absolute atomic E-state index is 12.6. The molecule has 4 fully saturated rings. The molecule has 0 amide bonds. The molecule has 0 bridgehead atoms. The SMILES string of the molecule is CC(=O)O[C@H]1C[C@@]2(C)[C@@H](C[C@@H](O)[C@H]3[C@@]4(C)CC[C@@H](O)[C@](C)(N)[C@@H]4CC[C@@]32N)/C1=C(\C=C/C=C(C)C)C(=O)O. The summed E-state index contributed by atoms with van der Waals surface area (Å²) >= 11 is 0. The van der Waals surface area contributed by atoms with Crippen molar-refractivity contribution in [2.45, 2.75) is 109 Å². The lowest BCUT2D eigenvalue weighted by atomic mass is 9.38. The lowest BCUT2D eigenvalue weighted by molar-refractivity contribution is -0.206. The maximum atomic E-state index is 12.6. The fourth-order valence-electron chi connectivity index (χ4n) is 9.22. The van der Waals surface area contributed by atoms with Gasteiger partial charge in [0.25, 0.3) is 0 Å². The number of aliphatic carboxylic acids is 1. The van der Waals surface area contributed by atoms with Crippen LogP contribution in [0.5, 0.6) is 0 Å². The van der Waals surface area contributed by atoms with Crippen LogP contribution in [0.2, 0.25) is 0 Å². The van der Waals surface area contributed by atoms with Crippen LogP contribution in [-0.4, -0.2) is 56.6 Å². The maximum Gasteiger partial charge on any atom is 0.335 e. The number of hydrogen-bond donors (Lipinski definition) is 5. The normalized spacial score (nSPS) is 47.5. The third-order valence-corrected chi connectivity index (χ3v) is 10.9. The molecule has 212 valence electrons. The average molecular weight is 531 g/mol. The summed E-state index contributed by atoms with van der Waals surface area (Å²) in [6.07, 6.45) is 6.19. The van der Waals surface area contributed by atoms with E-state index in [2.05, 4.69) is 13.8 Å². The molecule has 0 heterocycles. The number of fused-ring (bicyclic) bond motifs is 5. The van der Waals surface area contributed by atoms with E-state index in [0.717, 1.165) is 5.57 Å². The van der Waals surface area contributed by atoms with Crippen LogP contribution in [0.15, 0.2) is 34.9 Å². The zero-order valence-electron chi connectivity index (χ0n) is 23.7. The molecule has 0 aromatic rings. The van der Waals surface area contributed by atoms with Crippen molar-refractivity contribution >= 4 is 11.9 Å². The van der Waals surface area contributed by atoms with Crippen molar-refractivity contribution < 1.29 is 29.6 Å². The number of aliphatic hydroxyl groups excluding tert-OH is 2. The Morgan fingerprint density at radius 3 is 2.29 bits per heavy atom. The van der Waals surface area contributed by atoms with Gasteiger partial charge < -0.3 is 31.5 Å². The third kappa shape index (κ3) is 4.19. The van der Waals surface area contributed by atoms with Gasteiger partial charge in [0, 0.05) is 23.9 Å². The molecule has 0 spiro atoms. The number of nitrogens with two attached hydrogens (primary N) is 2. The van der Waals surface area contributed by atoms with Crippen molar-refractivity contribution in [2.75, 3.05) is 0 Å². The van der Waals surface area contributed by atoms with Gasteiger partial charge in [-0.3, -0.25) is 4.79 Å². The Hall–Kier alpha value is -2.00. The molecule has 7 N–H and O–H groups in total. The molecule has 8 nitrogen and oxygen atoms in total. The lowest BCUT2D eigenvalue weighted by Crippen LogP contribution is -2.77.